The van der Waals surface area contributed by atoms with Gasteiger partial charge in [0, 0.05) is 0 Å². The molecule has 2 heterocycles. The molecule has 14 heavy (non-hydrogen) atoms. The number of H-pyrrole nitrogens is 1. The van der Waals surface area contributed by atoms with Crippen molar-refractivity contribution < 1.29 is 9.90 Å². The molecule has 8 nitrogen and oxygen atoms in total. The summed E-state index contributed by atoms with van der Waals surface area (Å²) >= 11 is 0. The van der Waals surface area contributed by atoms with Crippen LogP contribution in [0.4, 0.5) is 0 Å². The van der Waals surface area contributed by atoms with Crippen LogP contribution in [0.2, 0.25) is 0 Å². The van der Waals surface area contributed by atoms with E-state index in [1.165, 1.54) is 0 Å². The lowest BCUT2D eigenvalue weighted by atomic mass is 10.5. The van der Waals surface area contributed by atoms with Gasteiger partial charge in [0.05, 0.1) is 0 Å². The molecule has 0 atom stereocenters. The number of aryl methyl sites for hydroxylation is 1. The van der Waals surface area contributed by atoms with Gasteiger partial charge in [0.25, 0.3) is 11.3 Å². The molecule has 0 saturated carbocycles. The van der Waals surface area contributed by atoms with Gasteiger partial charge in [-0.25, -0.2) is 4.79 Å². The maximum absolute atomic E-state index is 11.1. The van der Waals surface area contributed by atoms with E-state index in [-0.39, 0.29) is 5.78 Å². The summed E-state index contributed by atoms with van der Waals surface area (Å²) in [6.45, 7) is 1.59. The van der Waals surface area contributed by atoms with Crippen molar-refractivity contribution in [3.63, 3.8) is 0 Å². The Labute approximate surface area is 76.2 Å². The van der Waals surface area contributed by atoms with E-state index < -0.39 is 17.2 Å². The minimum absolute atomic E-state index is 0.123. The number of hydrogen-bond donors (Lipinski definition) is 2. The SMILES string of the molecule is Cc1nnc2[nH]c(=O)c(C(=O)O)nn12. The Morgan fingerprint density at radius 2 is 2.21 bits per heavy atom. The van der Waals surface area contributed by atoms with Crippen LogP contribution in [0.1, 0.15) is 16.3 Å². The van der Waals surface area contributed by atoms with Gasteiger partial charge in [-0.3, -0.25) is 9.78 Å². The zero-order valence-corrected chi connectivity index (χ0v) is 7.05. The third-order valence-corrected chi connectivity index (χ3v) is 1.64. The maximum atomic E-state index is 11.1. The minimum atomic E-state index is -1.39. The summed E-state index contributed by atoms with van der Waals surface area (Å²) in [4.78, 5) is 23.9. The molecule has 0 bridgehead atoms. The fraction of sp³-hybridized carbons (Fsp3) is 0.167. The first-order valence-electron chi connectivity index (χ1n) is 3.65. The van der Waals surface area contributed by atoms with Crippen molar-refractivity contribution in [1.29, 1.82) is 0 Å². The second-order valence-electron chi connectivity index (χ2n) is 2.59. The number of carbonyl (C=O) groups is 1. The van der Waals surface area contributed by atoms with Crippen LogP contribution in [-0.2, 0) is 0 Å². The zero-order valence-electron chi connectivity index (χ0n) is 7.05. The van der Waals surface area contributed by atoms with Crippen molar-refractivity contribution in [1.82, 2.24) is 24.8 Å². The highest BCUT2D eigenvalue weighted by Crippen LogP contribution is 1.94. The molecule has 0 aliphatic carbocycles. The third-order valence-electron chi connectivity index (χ3n) is 1.64. The highest BCUT2D eigenvalue weighted by Gasteiger charge is 2.14. The predicted molar refractivity (Wildman–Crippen MR) is 43.1 cm³/mol. The molecule has 0 radical (unpaired) electrons. The number of carboxylic acid groups (broad SMARTS) is 1. The Morgan fingerprint density at radius 3 is 2.86 bits per heavy atom. The smallest absolute Gasteiger partial charge is 0.362 e. The molecule has 2 N–H and O–H groups in total. The van der Waals surface area contributed by atoms with Gasteiger partial charge in [-0.15, -0.1) is 10.2 Å². The molecule has 0 unspecified atom stereocenters. The van der Waals surface area contributed by atoms with Crippen LogP contribution in [0.5, 0.6) is 0 Å². The van der Waals surface area contributed by atoms with E-state index in [0.717, 1.165) is 4.52 Å². The second kappa shape index (κ2) is 2.62. The summed E-state index contributed by atoms with van der Waals surface area (Å²) < 4.78 is 1.16. The van der Waals surface area contributed by atoms with Crippen LogP contribution in [0.15, 0.2) is 4.79 Å². The molecule has 2 rings (SSSR count). The minimum Gasteiger partial charge on any atom is -0.476 e. The fourth-order valence-electron chi connectivity index (χ4n) is 1.00. The van der Waals surface area contributed by atoms with Crippen molar-refractivity contribution in [3.05, 3.63) is 21.9 Å². The maximum Gasteiger partial charge on any atom is 0.362 e. The van der Waals surface area contributed by atoms with Gasteiger partial charge in [-0.05, 0) is 6.92 Å². The van der Waals surface area contributed by atoms with Gasteiger partial charge in [-0.2, -0.15) is 9.61 Å². The molecule has 0 fully saturated rings. The van der Waals surface area contributed by atoms with Gasteiger partial charge in [-0.1, -0.05) is 0 Å². The van der Waals surface area contributed by atoms with Crippen molar-refractivity contribution >= 4 is 11.7 Å². The average Bonchev–Trinajstić information content (AvgIpc) is 2.46. The molecular weight excluding hydrogens is 190 g/mol. The molecule has 2 aromatic heterocycles. The van der Waals surface area contributed by atoms with Crippen molar-refractivity contribution in [2.24, 2.45) is 0 Å². The molecule has 0 aliphatic heterocycles. The first-order valence-corrected chi connectivity index (χ1v) is 3.65. The molecule has 0 aromatic carbocycles. The van der Waals surface area contributed by atoms with E-state index in [9.17, 15) is 9.59 Å². The third kappa shape index (κ3) is 1.04. The summed E-state index contributed by atoms with van der Waals surface area (Å²) in [5.74, 6) is -0.863. The number of carboxylic acids is 1. The topological polar surface area (TPSA) is 113 Å². The molecule has 2 aromatic rings. The molecule has 0 saturated heterocycles. The van der Waals surface area contributed by atoms with Crippen LogP contribution in [0.3, 0.4) is 0 Å². The number of fused-ring (bicyclic) bond motifs is 1. The van der Waals surface area contributed by atoms with Crippen LogP contribution < -0.4 is 5.56 Å². The summed E-state index contributed by atoms with van der Waals surface area (Å²) in [7, 11) is 0. The zero-order chi connectivity index (χ0) is 10.3. The lowest BCUT2D eigenvalue weighted by Crippen LogP contribution is -2.22. The quantitative estimate of drug-likeness (QED) is 0.592. The summed E-state index contributed by atoms with van der Waals surface area (Å²) in [5, 5.41) is 19.4. The normalized spacial score (nSPS) is 10.6. The first kappa shape index (κ1) is 8.35. The summed E-state index contributed by atoms with van der Waals surface area (Å²) in [6, 6.07) is 0. The van der Waals surface area contributed by atoms with Crippen LogP contribution in [-0.4, -0.2) is 35.9 Å². The molecule has 0 amide bonds. The van der Waals surface area contributed by atoms with Crippen molar-refractivity contribution in [3.8, 4) is 0 Å². The fourth-order valence-corrected chi connectivity index (χ4v) is 1.00. The monoisotopic (exact) mass is 195 g/mol. The van der Waals surface area contributed by atoms with Gasteiger partial charge < -0.3 is 5.11 Å². The second-order valence-corrected chi connectivity index (χ2v) is 2.59. The van der Waals surface area contributed by atoms with E-state index in [1.54, 1.807) is 6.92 Å². The molecule has 8 heteroatoms. The number of aromatic nitrogens is 5. The molecule has 0 aliphatic rings. The average molecular weight is 195 g/mol. The Hall–Kier alpha value is -2.25. The Morgan fingerprint density at radius 1 is 1.50 bits per heavy atom. The molecular formula is C6H5N5O3. The number of hydrogen-bond acceptors (Lipinski definition) is 5. The predicted octanol–water partition coefficient (Wildman–Crippen LogP) is -1.18. The Balaban J connectivity index is 2.87. The van der Waals surface area contributed by atoms with Gasteiger partial charge in [0.1, 0.15) is 0 Å². The lowest BCUT2D eigenvalue weighted by molar-refractivity contribution is 0.0686. The van der Waals surface area contributed by atoms with E-state index in [4.69, 9.17) is 5.11 Å². The van der Waals surface area contributed by atoms with Crippen molar-refractivity contribution in [2.45, 2.75) is 6.92 Å². The highest BCUT2D eigenvalue weighted by molar-refractivity contribution is 5.84. The standard InChI is InChI=1S/C6H5N5O3/c1-2-8-9-6-7-4(12)3(5(13)14)10-11(2)6/h1H3,(H,13,14)(H,7,9,12). The highest BCUT2D eigenvalue weighted by atomic mass is 16.4. The number of rotatable bonds is 1. The Bertz CT molecular complexity index is 568. The number of nitrogens with one attached hydrogen (secondary N) is 1. The number of aromatic carboxylic acids is 1. The number of nitrogens with zero attached hydrogens (tertiary/aromatic N) is 4. The lowest BCUT2D eigenvalue weighted by Gasteiger charge is -1.94. The summed E-state index contributed by atoms with van der Waals surface area (Å²) in [6.07, 6.45) is 0. The van der Waals surface area contributed by atoms with Gasteiger partial charge in [0.15, 0.2) is 5.82 Å². The largest absolute Gasteiger partial charge is 0.476 e. The van der Waals surface area contributed by atoms with E-state index >= 15 is 0 Å². The summed E-state index contributed by atoms with van der Waals surface area (Å²) in [5.41, 5.74) is -1.38. The Kier molecular flexibility index (Phi) is 1.56. The van der Waals surface area contributed by atoms with Crippen LogP contribution >= 0.6 is 0 Å². The van der Waals surface area contributed by atoms with E-state index in [0.29, 0.717) is 5.82 Å². The van der Waals surface area contributed by atoms with Crippen LogP contribution in [0, 0.1) is 6.92 Å². The number of aromatic amines is 1. The van der Waals surface area contributed by atoms with Gasteiger partial charge in [0.2, 0.25) is 5.69 Å². The van der Waals surface area contributed by atoms with Crippen molar-refractivity contribution in [2.75, 3.05) is 0 Å². The van der Waals surface area contributed by atoms with Gasteiger partial charge >= 0.3 is 5.97 Å². The van der Waals surface area contributed by atoms with Crippen LogP contribution in [0.25, 0.3) is 5.78 Å². The molecule has 0 spiro atoms. The molecule has 72 valence electrons. The van der Waals surface area contributed by atoms with E-state index in [1.807, 2.05) is 0 Å². The van der Waals surface area contributed by atoms with E-state index in [2.05, 4.69) is 20.3 Å². The first-order chi connectivity index (χ1) is 6.59.